The van der Waals surface area contributed by atoms with E-state index in [2.05, 4.69) is 38.7 Å². The van der Waals surface area contributed by atoms with E-state index in [-0.39, 0.29) is 18.1 Å². The van der Waals surface area contributed by atoms with E-state index in [1.54, 1.807) is 0 Å². The molecule has 110 valence electrons. The fourth-order valence-corrected chi connectivity index (χ4v) is 2.79. The summed E-state index contributed by atoms with van der Waals surface area (Å²) in [5.41, 5.74) is 0.743. The first kappa shape index (κ1) is 15.3. The van der Waals surface area contributed by atoms with Gasteiger partial charge in [0.25, 0.3) is 0 Å². The highest BCUT2D eigenvalue weighted by atomic mass is 79.9. The molecule has 1 fully saturated rings. The van der Waals surface area contributed by atoms with E-state index in [0.29, 0.717) is 0 Å². The highest BCUT2D eigenvalue weighted by molar-refractivity contribution is 9.10. The molecule has 1 aliphatic rings. The zero-order chi connectivity index (χ0) is 14.8. The second kappa shape index (κ2) is 6.14. The van der Waals surface area contributed by atoms with Gasteiger partial charge in [-0.15, -0.1) is 0 Å². The Hall–Kier alpha value is -1.07. The number of hydrogen-bond donors (Lipinski definition) is 2. The fraction of sp³-hybridized carbons (Fsp3) is 0.533. The van der Waals surface area contributed by atoms with E-state index in [4.69, 9.17) is 4.74 Å². The Morgan fingerprint density at radius 1 is 1.40 bits per heavy atom. The predicted octanol–water partition coefficient (Wildman–Crippen LogP) is 3.03. The third kappa shape index (κ3) is 4.21. The Kier molecular flexibility index (Phi) is 4.70. The van der Waals surface area contributed by atoms with Gasteiger partial charge in [0.1, 0.15) is 5.60 Å². The number of carbonyl (C=O) groups excluding carboxylic acids is 1. The van der Waals surface area contributed by atoms with Gasteiger partial charge < -0.3 is 15.4 Å². The van der Waals surface area contributed by atoms with E-state index < -0.39 is 5.60 Å². The summed E-state index contributed by atoms with van der Waals surface area (Å²) < 4.78 is 6.37. The standard InChI is InChI=1S/C15H21BrN2O2/c1-15(2,3)20-14(19)18-13-9-17-8-12(13)10-5-4-6-11(16)7-10/h4-7,12-13,17H,8-9H2,1-3H3,(H,18,19)/t12-,13+/m1/s1. The molecule has 0 aromatic heterocycles. The average molecular weight is 341 g/mol. The molecule has 0 aliphatic carbocycles. The van der Waals surface area contributed by atoms with E-state index in [1.807, 2.05) is 32.9 Å². The summed E-state index contributed by atoms with van der Waals surface area (Å²) in [6, 6.07) is 8.26. The maximum Gasteiger partial charge on any atom is 0.407 e. The molecule has 0 spiro atoms. The van der Waals surface area contributed by atoms with Crippen molar-refractivity contribution >= 4 is 22.0 Å². The van der Waals surface area contributed by atoms with Gasteiger partial charge >= 0.3 is 6.09 Å². The molecule has 0 bridgehead atoms. The summed E-state index contributed by atoms with van der Waals surface area (Å²) in [5.74, 6) is 0.264. The maximum atomic E-state index is 11.9. The van der Waals surface area contributed by atoms with Crippen molar-refractivity contribution in [2.24, 2.45) is 0 Å². The van der Waals surface area contributed by atoms with Gasteiger partial charge in [-0.3, -0.25) is 0 Å². The van der Waals surface area contributed by atoms with Gasteiger partial charge in [0, 0.05) is 23.5 Å². The summed E-state index contributed by atoms with van der Waals surface area (Å²) >= 11 is 3.49. The summed E-state index contributed by atoms with van der Waals surface area (Å²) in [6.45, 7) is 7.22. The monoisotopic (exact) mass is 340 g/mol. The number of nitrogens with one attached hydrogen (secondary N) is 2. The van der Waals surface area contributed by atoms with Gasteiger partial charge in [-0.05, 0) is 38.5 Å². The Morgan fingerprint density at radius 2 is 2.15 bits per heavy atom. The predicted molar refractivity (Wildman–Crippen MR) is 82.9 cm³/mol. The molecule has 5 heteroatoms. The molecule has 4 nitrogen and oxygen atoms in total. The maximum absolute atomic E-state index is 11.9. The highest BCUT2D eigenvalue weighted by Crippen LogP contribution is 2.25. The number of carbonyl (C=O) groups is 1. The number of ether oxygens (including phenoxy) is 1. The van der Waals surface area contributed by atoms with Gasteiger partial charge in [0.2, 0.25) is 0 Å². The molecular weight excluding hydrogens is 320 g/mol. The molecule has 20 heavy (non-hydrogen) atoms. The minimum Gasteiger partial charge on any atom is -0.444 e. The lowest BCUT2D eigenvalue weighted by Gasteiger charge is -2.24. The van der Waals surface area contributed by atoms with Crippen molar-refractivity contribution in [2.45, 2.75) is 38.3 Å². The zero-order valence-electron chi connectivity index (χ0n) is 12.1. The summed E-state index contributed by atoms with van der Waals surface area (Å²) in [4.78, 5) is 11.9. The van der Waals surface area contributed by atoms with Crippen molar-refractivity contribution in [3.8, 4) is 0 Å². The Balaban J connectivity index is 2.03. The largest absolute Gasteiger partial charge is 0.444 e. The summed E-state index contributed by atoms with van der Waals surface area (Å²) in [6.07, 6.45) is -0.355. The van der Waals surface area contributed by atoms with Gasteiger partial charge in [0.05, 0.1) is 6.04 Å². The number of benzene rings is 1. The molecular formula is C15H21BrN2O2. The molecule has 1 aromatic carbocycles. The van der Waals surface area contributed by atoms with Gasteiger partial charge in [0.15, 0.2) is 0 Å². The molecule has 2 N–H and O–H groups in total. The molecule has 1 heterocycles. The smallest absolute Gasteiger partial charge is 0.407 e. The molecule has 1 aromatic rings. The lowest BCUT2D eigenvalue weighted by molar-refractivity contribution is 0.0504. The normalized spacial score (nSPS) is 22.6. The average Bonchev–Trinajstić information content (AvgIpc) is 2.74. The number of halogens is 1. The van der Waals surface area contributed by atoms with Crippen molar-refractivity contribution in [1.82, 2.24) is 10.6 Å². The van der Waals surface area contributed by atoms with Crippen LogP contribution < -0.4 is 10.6 Å². The zero-order valence-corrected chi connectivity index (χ0v) is 13.7. The topological polar surface area (TPSA) is 50.4 Å². The number of amides is 1. The number of alkyl carbamates (subject to hydrolysis) is 1. The third-order valence-electron chi connectivity index (χ3n) is 3.19. The van der Waals surface area contributed by atoms with Crippen LogP contribution >= 0.6 is 15.9 Å². The first-order chi connectivity index (χ1) is 9.35. The third-order valence-corrected chi connectivity index (χ3v) is 3.69. The van der Waals surface area contributed by atoms with Crippen LogP contribution in [0.1, 0.15) is 32.3 Å². The SMILES string of the molecule is CC(C)(C)OC(=O)N[C@H]1CNC[C@@H]1c1cccc(Br)c1. The van der Waals surface area contributed by atoms with Crippen molar-refractivity contribution in [1.29, 1.82) is 0 Å². The Bertz CT molecular complexity index is 485. The van der Waals surface area contributed by atoms with E-state index in [0.717, 1.165) is 17.6 Å². The van der Waals surface area contributed by atoms with Crippen LogP contribution in [0.15, 0.2) is 28.7 Å². The molecule has 2 rings (SSSR count). The molecule has 2 atom stereocenters. The van der Waals surface area contributed by atoms with Crippen LogP contribution in [0.25, 0.3) is 0 Å². The van der Waals surface area contributed by atoms with Gasteiger partial charge in [-0.25, -0.2) is 4.79 Å². The van der Waals surface area contributed by atoms with Crippen molar-refractivity contribution in [2.75, 3.05) is 13.1 Å². The summed E-state index contributed by atoms with van der Waals surface area (Å²) in [5, 5.41) is 6.29. The molecule has 1 saturated heterocycles. The number of hydrogen-bond acceptors (Lipinski definition) is 3. The lowest BCUT2D eigenvalue weighted by atomic mass is 9.94. The van der Waals surface area contributed by atoms with Crippen LogP contribution in [0.2, 0.25) is 0 Å². The van der Waals surface area contributed by atoms with E-state index in [9.17, 15) is 4.79 Å². The first-order valence-electron chi connectivity index (χ1n) is 6.81. The molecule has 0 unspecified atom stereocenters. The molecule has 0 radical (unpaired) electrons. The fourth-order valence-electron chi connectivity index (χ4n) is 2.38. The van der Waals surface area contributed by atoms with Crippen LogP contribution in [0.3, 0.4) is 0 Å². The number of rotatable bonds is 2. The van der Waals surface area contributed by atoms with E-state index >= 15 is 0 Å². The molecule has 1 amide bonds. The summed E-state index contributed by atoms with van der Waals surface area (Å²) in [7, 11) is 0. The highest BCUT2D eigenvalue weighted by Gasteiger charge is 2.31. The Labute approximate surface area is 128 Å². The van der Waals surface area contributed by atoms with Crippen molar-refractivity contribution < 1.29 is 9.53 Å². The van der Waals surface area contributed by atoms with Gasteiger partial charge in [-0.2, -0.15) is 0 Å². The Morgan fingerprint density at radius 3 is 2.80 bits per heavy atom. The first-order valence-corrected chi connectivity index (χ1v) is 7.60. The second-order valence-electron chi connectivity index (χ2n) is 6.07. The lowest BCUT2D eigenvalue weighted by Crippen LogP contribution is -2.42. The van der Waals surface area contributed by atoms with Crippen molar-refractivity contribution in [3.63, 3.8) is 0 Å². The van der Waals surface area contributed by atoms with Crippen LogP contribution in [0, 0.1) is 0 Å². The van der Waals surface area contributed by atoms with Crippen LogP contribution in [-0.2, 0) is 4.74 Å². The van der Waals surface area contributed by atoms with E-state index in [1.165, 1.54) is 5.56 Å². The quantitative estimate of drug-likeness (QED) is 0.869. The minimum absolute atomic E-state index is 0.0548. The minimum atomic E-state index is -0.471. The second-order valence-corrected chi connectivity index (χ2v) is 6.99. The van der Waals surface area contributed by atoms with Crippen LogP contribution in [0.5, 0.6) is 0 Å². The van der Waals surface area contributed by atoms with Crippen LogP contribution in [-0.4, -0.2) is 30.8 Å². The molecule has 0 saturated carbocycles. The van der Waals surface area contributed by atoms with Gasteiger partial charge in [-0.1, -0.05) is 28.1 Å². The van der Waals surface area contributed by atoms with Crippen LogP contribution in [0.4, 0.5) is 4.79 Å². The molecule has 1 aliphatic heterocycles. The van der Waals surface area contributed by atoms with Crippen molar-refractivity contribution in [3.05, 3.63) is 34.3 Å².